The van der Waals surface area contributed by atoms with Crippen molar-refractivity contribution in [3.63, 3.8) is 0 Å². The van der Waals surface area contributed by atoms with Crippen LogP contribution in [0.5, 0.6) is 0 Å². The SMILES string of the molecule is CCC1CCCCC1N(C)Cc1ccc(C(=O)O)cc1. The van der Waals surface area contributed by atoms with Crippen molar-refractivity contribution >= 4 is 5.97 Å². The Morgan fingerprint density at radius 3 is 2.50 bits per heavy atom. The first-order valence-corrected chi connectivity index (χ1v) is 7.64. The van der Waals surface area contributed by atoms with Crippen LogP contribution in [0.4, 0.5) is 0 Å². The van der Waals surface area contributed by atoms with Crippen LogP contribution in [0.1, 0.15) is 54.9 Å². The van der Waals surface area contributed by atoms with E-state index in [9.17, 15) is 4.79 Å². The fourth-order valence-corrected chi connectivity index (χ4v) is 3.40. The summed E-state index contributed by atoms with van der Waals surface area (Å²) in [5.74, 6) is -0.0460. The van der Waals surface area contributed by atoms with Crippen LogP contribution in [0.3, 0.4) is 0 Å². The number of hydrogen-bond acceptors (Lipinski definition) is 2. The summed E-state index contributed by atoms with van der Waals surface area (Å²) in [5, 5.41) is 8.92. The van der Waals surface area contributed by atoms with Gasteiger partial charge in [-0.1, -0.05) is 38.3 Å². The molecule has 3 nitrogen and oxygen atoms in total. The van der Waals surface area contributed by atoms with Gasteiger partial charge in [0.2, 0.25) is 0 Å². The van der Waals surface area contributed by atoms with Crippen LogP contribution < -0.4 is 0 Å². The van der Waals surface area contributed by atoms with Gasteiger partial charge in [-0.2, -0.15) is 0 Å². The number of benzene rings is 1. The van der Waals surface area contributed by atoms with E-state index in [1.165, 1.54) is 37.7 Å². The highest BCUT2D eigenvalue weighted by molar-refractivity contribution is 5.87. The highest BCUT2D eigenvalue weighted by Gasteiger charge is 2.26. The van der Waals surface area contributed by atoms with Crippen LogP contribution in [-0.2, 0) is 6.54 Å². The molecule has 1 aliphatic carbocycles. The van der Waals surface area contributed by atoms with E-state index in [0.717, 1.165) is 12.5 Å². The van der Waals surface area contributed by atoms with Crippen LogP contribution in [0.15, 0.2) is 24.3 Å². The molecule has 2 atom stereocenters. The summed E-state index contributed by atoms with van der Waals surface area (Å²) in [6.07, 6.45) is 6.61. The highest BCUT2D eigenvalue weighted by atomic mass is 16.4. The van der Waals surface area contributed by atoms with Gasteiger partial charge in [-0.25, -0.2) is 4.79 Å². The minimum absolute atomic E-state index is 0.362. The molecule has 0 aliphatic heterocycles. The van der Waals surface area contributed by atoms with Gasteiger partial charge in [-0.3, -0.25) is 4.90 Å². The van der Waals surface area contributed by atoms with Crippen molar-refractivity contribution in [1.82, 2.24) is 4.90 Å². The Labute approximate surface area is 121 Å². The maximum Gasteiger partial charge on any atom is 0.335 e. The van der Waals surface area contributed by atoms with E-state index in [0.29, 0.717) is 11.6 Å². The molecule has 110 valence electrons. The van der Waals surface area contributed by atoms with Gasteiger partial charge in [0.25, 0.3) is 0 Å². The van der Waals surface area contributed by atoms with Gasteiger partial charge in [0, 0.05) is 12.6 Å². The normalized spacial score (nSPS) is 22.9. The number of nitrogens with zero attached hydrogens (tertiary/aromatic N) is 1. The lowest BCUT2D eigenvalue weighted by molar-refractivity contribution is 0.0697. The summed E-state index contributed by atoms with van der Waals surface area (Å²) in [5.41, 5.74) is 1.55. The van der Waals surface area contributed by atoms with E-state index in [1.54, 1.807) is 12.1 Å². The molecule has 1 fully saturated rings. The highest BCUT2D eigenvalue weighted by Crippen LogP contribution is 2.30. The van der Waals surface area contributed by atoms with Crippen LogP contribution in [-0.4, -0.2) is 29.1 Å². The second-order valence-electron chi connectivity index (χ2n) is 5.94. The van der Waals surface area contributed by atoms with Crippen LogP contribution in [0.2, 0.25) is 0 Å². The largest absolute Gasteiger partial charge is 0.478 e. The summed E-state index contributed by atoms with van der Waals surface area (Å²) in [4.78, 5) is 13.3. The zero-order valence-corrected chi connectivity index (χ0v) is 12.5. The molecular formula is C17H25NO2. The average molecular weight is 275 g/mol. The van der Waals surface area contributed by atoms with Crippen molar-refractivity contribution in [1.29, 1.82) is 0 Å². The van der Waals surface area contributed by atoms with Crippen molar-refractivity contribution in [2.45, 2.75) is 51.6 Å². The van der Waals surface area contributed by atoms with Crippen molar-refractivity contribution in [2.75, 3.05) is 7.05 Å². The quantitative estimate of drug-likeness (QED) is 0.889. The molecule has 1 N–H and O–H groups in total. The number of carboxylic acid groups (broad SMARTS) is 1. The van der Waals surface area contributed by atoms with E-state index < -0.39 is 5.97 Å². The Bertz CT molecular complexity index is 441. The van der Waals surface area contributed by atoms with Crippen LogP contribution in [0.25, 0.3) is 0 Å². The van der Waals surface area contributed by atoms with E-state index in [1.807, 2.05) is 12.1 Å². The molecule has 2 rings (SSSR count). The lowest BCUT2D eigenvalue weighted by atomic mass is 9.82. The molecule has 3 heteroatoms. The first kappa shape index (κ1) is 15.0. The minimum Gasteiger partial charge on any atom is -0.478 e. The molecule has 0 spiro atoms. The van der Waals surface area contributed by atoms with E-state index in [2.05, 4.69) is 18.9 Å². The Balaban J connectivity index is 1.99. The Morgan fingerprint density at radius 2 is 1.90 bits per heavy atom. The molecule has 1 aromatic rings. The summed E-state index contributed by atoms with van der Waals surface area (Å²) < 4.78 is 0. The fraction of sp³-hybridized carbons (Fsp3) is 0.588. The van der Waals surface area contributed by atoms with Crippen molar-refractivity contribution in [3.05, 3.63) is 35.4 Å². The lowest BCUT2D eigenvalue weighted by Gasteiger charge is -2.37. The summed E-state index contributed by atoms with van der Waals surface area (Å²) in [6.45, 7) is 3.19. The third-order valence-corrected chi connectivity index (χ3v) is 4.59. The Morgan fingerprint density at radius 1 is 1.25 bits per heavy atom. The minimum atomic E-state index is -0.858. The van der Waals surface area contributed by atoms with Crippen molar-refractivity contribution in [2.24, 2.45) is 5.92 Å². The fourth-order valence-electron chi connectivity index (χ4n) is 3.40. The molecule has 0 aromatic heterocycles. The van der Waals surface area contributed by atoms with E-state index >= 15 is 0 Å². The topological polar surface area (TPSA) is 40.5 Å². The number of hydrogen-bond donors (Lipinski definition) is 1. The van der Waals surface area contributed by atoms with Crippen LogP contribution >= 0.6 is 0 Å². The van der Waals surface area contributed by atoms with Crippen molar-refractivity contribution < 1.29 is 9.90 Å². The molecule has 0 heterocycles. The molecule has 1 saturated carbocycles. The number of carboxylic acids is 1. The Hall–Kier alpha value is -1.35. The van der Waals surface area contributed by atoms with Gasteiger partial charge < -0.3 is 5.11 Å². The first-order valence-electron chi connectivity index (χ1n) is 7.64. The summed E-state index contributed by atoms with van der Waals surface area (Å²) in [7, 11) is 2.20. The lowest BCUT2D eigenvalue weighted by Crippen LogP contribution is -2.39. The van der Waals surface area contributed by atoms with Gasteiger partial charge in [0.1, 0.15) is 0 Å². The number of aromatic carboxylic acids is 1. The second-order valence-corrected chi connectivity index (χ2v) is 5.94. The molecular weight excluding hydrogens is 250 g/mol. The van der Waals surface area contributed by atoms with Gasteiger partial charge in [-0.15, -0.1) is 0 Å². The monoisotopic (exact) mass is 275 g/mol. The third kappa shape index (κ3) is 3.60. The predicted molar refractivity (Wildman–Crippen MR) is 80.9 cm³/mol. The van der Waals surface area contributed by atoms with Crippen molar-refractivity contribution in [3.8, 4) is 0 Å². The molecule has 2 unspecified atom stereocenters. The molecule has 0 amide bonds. The molecule has 0 bridgehead atoms. The zero-order chi connectivity index (χ0) is 14.5. The second kappa shape index (κ2) is 6.89. The Kier molecular flexibility index (Phi) is 5.18. The van der Waals surface area contributed by atoms with E-state index in [4.69, 9.17) is 5.11 Å². The third-order valence-electron chi connectivity index (χ3n) is 4.59. The first-order chi connectivity index (χ1) is 9.61. The average Bonchev–Trinajstić information content (AvgIpc) is 2.47. The van der Waals surface area contributed by atoms with E-state index in [-0.39, 0.29) is 0 Å². The smallest absolute Gasteiger partial charge is 0.335 e. The van der Waals surface area contributed by atoms with Gasteiger partial charge in [0.15, 0.2) is 0 Å². The van der Waals surface area contributed by atoms with Gasteiger partial charge in [-0.05, 0) is 43.5 Å². The zero-order valence-electron chi connectivity index (χ0n) is 12.5. The molecule has 0 radical (unpaired) electrons. The summed E-state index contributed by atoms with van der Waals surface area (Å²) >= 11 is 0. The molecule has 20 heavy (non-hydrogen) atoms. The number of carbonyl (C=O) groups is 1. The van der Waals surface area contributed by atoms with Gasteiger partial charge in [0.05, 0.1) is 5.56 Å². The molecule has 1 aromatic carbocycles. The van der Waals surface area contributed by atoms with Gasteiger partial charge >= 0.3 is 5.97 Å². The van der Waals surface area contributed by atoms with Crippen LogP contribution in [0, 0.1) is 5.92 Å². The predicted octanol–water partition coefficient (Wildman–Crippen LogP) is 3.79. The maximum atomic E-state index is 10.9. The molecule has 1 aliphatic rings. The molecule has 0 saturated heterocycles. The summed E-state index contributed by atoms with van der Waals surface area (Å²) in [6, 6.07) is 7.94. The standard InChI is InChI=1S/C17H25NO2/c1-3-14-6-4-5-7-16(14)18(2)12-13-8-10-15(11-9-13)17(19)20/h8-11,14,16H,3-7,12H2,1-2H3,(H,19,20). The number of rotatable bonds is 5. The maximum absolute atomic E-state index is 10.9.